The van der Waals surface area contributed by atoms with E-state index in [1.807, 2.05) is 13.0 Å². The van der Waals surface area contributed by atoms with Crippen LogP contribution in [0.15, 0.2) is 24.3 Å². The van der Waals surface area contributed by atoms with Crippen molar-refractivity contribution in [3.63, 3.8) is 0 Å². The third-order valence-corrected chi connectivity index (χ3v) is 5.81. The Kier molecular flexibility index (Phi) is 6.43. The molecule has 0 spiro atoms. The minimum absolute atomic E-state index is 0.205. The lowest BCUT2D eigenvalue weighted by molar-refractivity contribution is -0.134. The van der Waals surface area contributed by atoms with Gasteiger partial charge in [-0.1, -0.05) is 23.2 Å². The monoisotopic (exact) mass is 448 g/mol. The summed E-state index contributed by atoms with van der Waals surface area (Å²) in [5, 5.41) is 14.0. The number of nitrogens with one attached hydrogen (secondary N) is 2. The number of benzene rings is 1. The van der Waals surface area contributed by atoms with Gasteiger partial charge < -0.3 is 5.32 Å². The average molecular weight is 449 g/mol. The number of aryl methyl sites for hydroxylation is 1. The molecule has 0 radical (unpaired) electrons. The maximum Gasteiger partial charge on any atom is 0.234 e. The number of amides is 3. The molecule has 1 aromatic carbocycles. The maximum absolute atomic E-state index is 12.8. The molecule has 1 unspecified atom stereocenters. The first-order valence-electron chi connectivity index (χ1n) is 9.50. The standard InChI is InChI=1S/C21H22Cl2N4O3/c1-11-4-6-16(27-26-11)21(2,3)20(30)24-10-12-8-14(22)18(15(23)9-12)13-5-7-17(28)25-19(13)29/h4,6,8-9,13H,5,7,10H2,1-3H3,(H,24,30)(H,25,28,29). The van der Waals surface area contributed by atoms with Gasteiger partial charge in [0.2, 0.25) is 17.7 Å². The number of halogens is 2. The molecular weight excluding hydrogens is 427 g/mol. The number of imide groups is 1. The summed E-state index contributed by atoms with van der Waals surface area (Å²) in [6.07, 6.45) is 0.587. The van der Waals surface area contributed by atoms with Crippen molar-refractivity contribution in [3.05, 3.63) is 56.8 Å². The summed E-state index contributed by atoms with van der Waals surface area (Å²) in [5.74, 6) is -1.51. The minimum Gasteiger partial charge on any atom is -0.351 e. The number of hydrogen-bond donors (Lipinski definition) is 2. The van der Waals surface area contributed by atoms with Crippen LogP contribution in [-0.4, -0.2) is 27.9 Å². The highest BCUT2D eigenvalue weighted by molar-refractivity contribution is 6.36. The zero-order valence-electron chi connectivity index (χ0n) is 16.9. The fraction of sp³-hybridized carbons (Fsp3) is 0.381. The van der Waals surface area contributed by atoms with E-state index in [0.717, 1.165) is 5.69 Å². The van der Waals surface area contributed by atoms with E-state index >= 15 is 0 Å². The Morgan fingerprint density at radius 1 is 1.20 bits per heavy atom. The molecule has 2 aromatic rings. The van der Waals surface area contributed by atoms with Crippen LogP contribution in [0.1, 0.15) is 55.1 Å². The lowest BCUT2D eigenvalue weighted by atomic mass is 9.87. The highest BCUT2D eigenvalue weighted by Crippen LogP contribution is 2.37. The zero-order valence-corrected chi connectivity index (χ0v) is 18.4. The molecule has 7 nitrogen and oxygen atoms in total. The second-order valence-corrected chi connectivity index (χ2v) is 8.66. The largest absolute Gasteiger partial charge is 0.351 e. The Hall–Kier alpha value is -2.51. The first-order valence-corrected chi connectivity index (χ1v) is 10.3. The molecule has 3 rings (SSSR count). The van der Waals surface area contributed by atoms with Crippen molar-refractivity contribution >= 4 is 40.9 Å². The molecule has 1 atom stereocenters. The van der Waals surface area contributed by atoms with Crippen LogP contribution in [0.25, 0.3) is 0 Å². The smallest absolute Gasteiger partial charge is 0.234 e. The molecule has 0 saturated carbocycles. The molecule has 2 N–H and O–H groups in total. The summed E-state index contributed by atoms with van der Waals surface area (Å²) >= 11 is 12.8. The van der Waals surface area contributed by atoms with Gasteiger partial charge in [-0.15, -0.1) is 0 Å². The van der Waals surface area contributed by atoms with Crippen molar-refractivity contribution < 1.29 is 14.4 Å². The molecule has 2 heterocycles. The summed E-state index contributed by atoms with van der Waals surface area (Å²) in [5.41, 5.74) is 1.65. The molecule has 1 saturated heterocycles. The Labute approximate surface area is 184 Å². The van der Waals surface area contributed by atoms with E-state index in [1.165, 1.54) is 0 Å². The number of hydrogen-bond acceptors (Lipinski definition) is 5. The third-order valence-electron chi connectivity index (χ3n) is 5.19. The highest BCUT2D eigenvalue weighted by Gasteiger charge is 2.33. The van der Waals surface area contributed by atoms with E-state index in [-0.39, 0.29) is 24.8 Å². The van der Waals surface area contributed by atoms with Gasteiger partial charge >= 0.3 is 0 Å². The van der Waals surface area contributed by atoms with Gasteiger partial charge in [0.1, 0.15) is 0 Å². The fourth-order valence-electron chi connectivity index (χ4n) is 3.29. The van der Waals surface area contributed by atoms with Gasteiger partial charge in [-0.05, 0) is 57.0 Å². The number of carbonyl (C=O) groups excluding carboxylic acids is 3. The van der Waals surface area contributed by atoms with Crippen LogP contribution in [0, 0.1) is 6.92 Å². The van der Waals surface area contributed by atoms with Crippen molar-refractivity contribution in [2.75, 3.05) is 0 Å². The van der Waals surface area contributed by atoms with E-state index in [4.69, 9.17) is 23.2 Å². The summed E-state index contributed by atoms with van der Waals surface area (Å²) in [6, 6.07) is 6.94. The normalized spacial score (nSPS) is 16.9. The van der Waals surface area contributed by atoms with Gasteiger partial charge in [0.25, 0.3) is 0 Å². The zero-order chi connectivity index (χ0) is 22.1. The average Bonchev–Trinajstić information content (AvgIpc) is 2.67. The lowest BCUT2D eigenvalue weighted by Crippen LogP contribution is -2.40. The molecule has 1 aliphatic rings. The van der Waals surface area contributed by atoms with E-state index in [2.05, 4.69) is 20.8 Å². The Morgan fingerprint density at radius 2 is 1.87 bits per heavy atom. The van der Waals surface area contributed by atoms with E-state index in [9.17, 15) is 14.4 Å². The van der Waals surface area contributed by atoms with Crippen LogP contribution >= 0.6 is 23.2 Å². The van der Waals surface area contributed by atoms with Crippen LogP contribution in [0.5, 0.6) is 0 Å². The van der Waals surface area contributed by atoms with Gasteiger partial charge in [0.15, 0.2) is 0 Å². The maximum atomic E-state index is 12.8. The van der Waals surface area contributed by atoms with Crippen LogP contribution < -0.4 is 10.6 Å². The molecule has 3 amide bonds. The van der Waals surface area contributed by atoms with E-state index in [1.54, 1.807) is 32.0 Å². The van der Waals surface area contributed by atoms with E-state index in [0.29, 0.717) is 33.3 Å². The third kappa shape index (κ3) is 4.63. The molecule has 9 heteroatoms. The first kappa shape index (κ1) is 22.2. The topological polar surface area (TPSA) is 101 Å². The lowest BCUT2D eigenvalue weighted by Gasteiger charge is -2.24. The van der Waals surface area contributed by atoms with Gasteiger partial charge in [-0.2, -0.15) is 10.2 Å². The van der Waals surface area contributed by atoms with Crippen molar-refractivity contribution in [2.45, 2.75) is 51.5 Å². The predicted molar refractivity (Wildman–Crippen MR) is 113 cm³/mol. The molecule has 1 aliphatic heterocycles. The SMILES string of the molecule is Cc1ccc(C(C)(C)C(=O)NCc2cc(Cl)c(C3CCC(=O)NC3=O)c(Cl)c2)nn1. The van der Waals surface area contributed by atoms with Crippen LogP contribution in [0.2, 0.25) is 10.0 Å². The molecule has 1 fully saturated rings. The highest BCUT2D eigenvalue weighted by atomic mass is 35.5. The fourth-order valence-corrected chi connectivity index (χ4v) is 4.09. The molecule has 30 heavy (non-hydrogen) atoms. The quantitative estimate of drug-likeness (QED) is 0.683. The van der Waals surface area contributed by atoms with Gasteiger partial charge in [0.05, 0.1) is 22.7 Å². The van der Waals surface area contributed by atoms with Crippen LogP contribution in [0.4, 0.5) is 0 Å². The van der Waals surface area contributed by atoms with Crippen LogP contribution in [-0.2, 0) is 26.3 Å². The van der Waals surface area contributed by atoms with Gasteiger partial charge in [0, 0.05) is 28.6 Å². The summed E-state index contributed by atoms with van der Waals surface area (Å²) in [6.45, 7) is 5.58. The number of piperidine rings is 1. The van der Waals surface area contributed by atoms with Crippen molar-refractivity contribution in [1.82, 2.24) is 20.8 Å². The van der Waals surface area contributed by atoms with Crippen molar-refractivity contribution in [1.29, 1.82) is 0 Å². The second-order valence-electron chi connectivity index (χ2n) is 7.84. The van der Waals surface area contributed by atoms with Crippen molar-refractivity contribution in [3.8, 4) is 0 Å². The first-order chi connectivity index (χ1) is 14.1. The molecule has 158 valence electrons. The Balaban J connectivity index is 1.73. The van der Waals surface area contributed by atoms with E-state index < -0.39 is 17.2 Å². The van der Waals surface area contributed by atoms with Gasteiger partial charge in [-0.3, -0.25) is 19.7 Å². The molecule has 0 bridgehead atoms. The second kappa shape index (κ2) is 8.70. The van der Waals surface area contributed by atoms with Crippen molar-refractivity contribution in [2.24, 2.45) is 0 Å². The summed E-state index contributed by atoms with van der Waals surface area (Å²) in [7, 11) is 0. The number of rotatable bonds is 5. The Bertz CT molecular complexity index is 983. The van der Waals surface area contributed by atoms with Crippen LogP contribution in [0.3, 0.4) is 0 Å². The molecule has 0 aliphatic carbocycles. The number of nitrogens with zero attached hydrogens (tertiary/aromatic N) is 2. The minimum atomic E-state index is -0.874. The molecule has 1 aromatic heterocycles. The molecular formula is C21H22Cl2N4O3. The Morgan fingerprint density at radius 3 is 2.43 bits per heavy atom. The number of aromatic nitrogens is 2. The van der Waals surface area contributed by atoms with Gasteiger partial charge in [-0.25, -0.2) is 0 Å². The summed E-state index contributed by atoms with van der Waals surface area (Å²) in [4.78, 5) is 36.3. The number of carbonyl (C=O) groups is 3. The summed E-state index contributed by atoms with van der Waals surface area (Å²) < 4.78 is 0. The predicted octanol–water partition coefficient (Wildman–Crippen LogP) is 3.21.